The topological polar surface area (TPSA) is 119 Å². The van der Waals surface area contributed by atoms with Crippen LogP contribution in [0.1, 0.15) is 31.9 Å². The van der Waals surface area contributed by atoms with Crippen LogP contribution >= 0.6 is 0 Å². The maximum absolute atomic E-state index is 12.2. The molecule has 1 amide bonds. The van der Waals surface area contributed by atoms with Gasteiger partial charge in [-0.15, -0.1) is 0 Å². The van der Waals surface area contributed by atoms with Gasteiger partial charge in [0.05, 0.1) is 24.1 Å². The van der Waals surface area contributed by atoms with Crippen LogP contribution in [-0.2, 0) is 9.53 Å². The van der Waals surface area contributed by atoms with Gasteiger partial charge in [-0.3, -0.25) is 4.79 Å². The number of amides is 1. The summed E-state index contributed by atoms with van der Waals surface area (Å²) in [4.78, 5) is 16.5. The van der Waals surface area contributed by atoms with Crippen LogP contribution in [0.4, 0.5) is 11.5 Å². The number of carbonyl (C=O) groups is 1. The SMILES string of the molecule is N#C[C@H]1C[C@@H]1C(=O)Nc1cc2cc(-c3cnn(C4CCCCO4)c3)cc(N)c2cn1. The predicted octanol–water partition coefficient (Wildman–Crippen LogP) is 3.48. The molecule has 1 saturated heterocycles. The molecule has 1 saturated carbocycles. The van der Waals surface area contributed by atoms with Gasteiger partial charge in [-0.2, -0.15) is 10.4 Å². The van der Waals surface area contributed by atoms with Crippen molar-refractivity contribution in [3.8, 4) is 17.2 Å². The van der Waals surface area contributed by atoms with Gasteiger partial charge in [0.15, 0.2) is 0 Å². The molecule has 1 aromatic carbocycles. The fourth-order valence-electron chi connectivity index (χ4n) is 3.94. The maximum Gasteiger partial charge on any atom is 0.230 e. The van der Waals surface area contributed by atoms with Crippen LogP contribution in [0.25, 0.3) is 21.9 Å². The van der Waals surface area contributed by atoms with Crippen molar-refractivity contribution in [3.05, 3.63) is 36.8 Å². The second kappa shape index (κ2) is 7.43. The van der Waals surface area contributed by atoms with E-state index in [4.69, 9.17) is 15.7 Å². The minimum absolute atomic E-state index is 0.0176. The van der Waals surface area contributed by atoms with E-state index >= 15 is 0 Å². The van der Waals surface area contributed by atoms with Crippen molar-refractivity contribution in [2.24, 2.45) is 11.8 Å². The average Bonchev–Trinajstić information content (AvgIpc) is 3.40. The number of benzene rings is 1. The molecule has 3 heterocycles. The Morgan fingerprint density at radius 2 is 2.17 bits per heavy atom. The number of nitriles is 1. The molecule has 0 radical (unpaired) electrons. The Kier molecular flexibility index (Phi) is 4.60. The van der Waals surface area contributed by atoms with Gasteiger partial charge in [-0.05, 0) is 54.8 Å². The molecule has 1 aliphatic heterocycles. The molecule has 0 bridgehead atoms. The number of nitrogen functional groups attached to an aromatic ring is 1. The average molecular weight is 402 g/mol. The summed E-state index contributed by atoms with van der Waals surface area (Å²) in [7, 11) is 0. The summed E-state index contributed by atoms with van der Waals surface area (Å²) in [5.74, 6) is -0.126. The Balaban J connectivity index is 1.41. The standard InChI is InChI=1S/C22H22N6O2/c23-9-15-6-17(15)22(29)27-20-8-14-5-13(7-19(24)18(14)11-25-20)16-10-26-28(12-16)21-3-1-2-4-30-21/h5,7-8,10-12,15,17,21H,1-4,6,24H2,(H,25,27,29)/t15-,17+,21?/m1/s1. The van der Waals surface area contributed by atoms with Crippen LogP contribution in [0.2, 0.25) is 0 Å². The molecule has 8 nitrogen and oxygen atoms in total. The second-order valence-electron chi connectivity index (χ2n) is 7.95. The number of fused-ring (bicyclic) bond motifs is 1. The number of carbonyl (C=O) groups excluding carboxylic acids is 1. The highest BCUT2D eigenvalue weighted by Crippen LogP contribution is 2.38. The van der Waals surface area contributed by atoms with Gasteiger partial charge in [0, 0.05) is 35.6 Å². The van der Waals surface area contributed by atoms with Crippen molar-refractivity contribution in [1.29, 1.82) is 5.26 Å². The molecule has 1 unspecified atom stereocenters. The zero-order valence-corrected chi connectivity index (χ0v) is 16.4. The molecule has 8 heteroatoms. The van der Waals surface area contributed by atoms with Crippen molar-refractivity contribution in [1.82, 2.24) is 14.8 Å². The number of rotatable bonds is 4. The largest absolute Gasteiger partial charge is 0.398 e. The zero-order valence-electron chi connectivity index (χ0n) is 16.4. The number of hydrogen-bond acceptors (Lipinski definition) is 6. The summed E-state index contributed by atoms with van der Waals surface area (Å²) in [5, 5.41) is 17.9. The van der Waals surface area contributed by atoms with Crippen LogP contribution in [0.5, 0.6) is 0 Å². The third-order valence-electron chi connectivity index (χ3n) is 5.80. The first-order valence-corrected chi connectivity index (χ1v) is 10.2. The number of pyridine rings is 1. The van der Waals surface area contributed by atoms with Crippen LogP contribution in [0.3, 0.4) is 0 Å². The Morgan fingerprint density at radius 3 is 2.93 bits per heavy atom. The predicted molar refractivity (Wildman–Crippen MR) is 112 cm³/mol. The van der Waals surface area contributed by atoms with Crippen molar-refractivity contribution in [2.45, 2.75) is 31.9 Å². The number of nitrogens with two attached hydrogens (primary N) is 1. The van der Waals surface area contributed by atoms with Crippen LogP contribution in [0.15, 0.2) is 36.8 Å². The number of hydrogen-bond donors (Lipinski definition) is 2. The Labute approximate surface area is 173 Å². The molecular formula is C22H22N6O2. The van der Waals surface area contributed by atoms with Gasteiger partial charge in [0.2, 0.25) is 5.91 Å². The lowest BCUT2D eigenvalue weighted by molar-refractivity contribution is -0.117. The highest BCUT2D eigenvalue weighted by molar-refractivity contribution is 6.00. The maximum atomic E-state index is 12.2. The third-order valence-corrected chi connectivity index (χ3v) is 5.80. The van der Waals surface area contributed by atoms with E-state index in [9.17, 15) is 4.79 Å². The van der Waals surface area contributed by atoms with E-state index in [1.54, 1.807) is 6.20 Å². The molecule has 0 spiro atoms. The first-order chi connectivity index (χ1) is 14.6. The zero-order chi connectivity index (χ0) is 20.7. The van der Waals surface area contributed by atoms with Crippen molar-refractivity contribution in [2.75, 3.05) is 17.7 Å². The fraction of sp³-hybridized carbons (Fsp3) is 0.364. The minimum atomic E-state index is -0.239. The number of nitrogens with one attached hydrogen (secondary N) is 1. The normalized spacial score (nSPS) is 23.1. The van der Waals surface area contributed by atoms with Gasteiger partial charge >= 0.3 is 0 Å². The van der Waals surface area contributed by atoms with E-state index in [0.29, 0.717) is 17.9 Å². The van der Waals surface area contributed by atoms with E-state index in [0.717, 1.165) is 47.8 Å². The Bertz CT molecular complexity index is 1160. The highest BCUT2D eigenvalue weighted by atomic mass is 16.5. The van der Waals surface area contributed by atoms with E-state index in [1.165, 1.54) is 0 Å². The number of ether oxygens (including phenoxy) is 1. The monoisotopic (exact) mass is 402 g/mol. The van der Waals surface area contributed by atoms with Crippen LogP contribution in [0, 0.1) is 23.2 Å². The van der Waals surface area contributed by atoms with Gasteiger partial charge in [-0.25, -0.2) is 9.67 Å². The van der Waals surface area contributed by atoms with Crippen LogP contribution in [-0.4, -0.2) is 27.3 Å². The summed E-state index contributed by atoms with van der Waals surface area (Å²) in [5.41, 5.74) is 8.78. The van der Waals surface area contributed by atoms with Crippen molar-refractivity contribution in [3.63, 3.8) is 0 Å². The molecule has 3 atom stereocenters. The van der Waals surface area contributed by atoms with E-state index in [-0.39, 0.29) is 24.0 Å². The molecule has 3 aromatic rings. The summed E-state index contributed by atoms with van der Waals surface area (Å²) < 4.78 is 7.68. The first-order valence-electron chi connectivity index (χ1n) is 10.2. The van der Waals surface area contributed by atoms with Gasteiger partial charge < -0.3 is 15.8 Å². The van der Waals surface area contributed by atoms with Gasteiger partial charge in [0.1, 0.15) is 12.0 Å². The van der Waals surface area contributed by atoms with Gasteiger partial charge in [-0.1, -0.05) is 0 Å². The second-order valence-corrected chi connectivity index (χ2v) is 7.95. The van der Waals surface area contributed by atoms with E-state index in [1.807, 2.05) is 35.3 Å². The molecule has 2 aliphatic rings. The molecule has 152 valence electrons. The smallest absolute Gasteiger partial charge is 0.230 e. The van der Waals surface area contributed by atoms with E-state index in [2.05, 4.69) is 21.5 Å². The molecule has 1 aliphatic carbocycles. The summed E-state index contributed by atoms with van der Waals surface area (Å²) in [6.45, 7) is 0.764. The molecule has 2 fully saturated rings. The van der Waals surface area contributed by atoms with Crippen molar-refractivity contribution < 1.29 is 9.53 Å². The Hall–Kier alpha value is -3.44. The molecule has 30 heavy (non-hydrogen) atoms. The molecule has 5 rings (SSSR count). The quantitative estimate of drug-likeness (QED) is 0.645. The number of nitrogens with zero attached hydrogens (tertiary/aromatic N) is 4. The highest BCUT2D eigenvalue weighted by Gasteiger charge is 2.43. The fourth-order valence-corrected chi connectivity index (χ4v) is 3.94. The molecule has 2 aromatic heterocycles. The minimum Gasteiger partial charge on any atom is -0.398 e. The first kappa shape index (κ1) is 18.6. The summed E-state index contributed by atoms with van der Waals surface area (Å²) in [6.07, 6.45) is 9.25. The number of anilines is 2. The molecular weight excluding hydrogens is 380 g/mol. The lowest BCUT2D eigenvalue weighted by Gasteiger charge is -2.22. The third kappa shape index (κ3) is 3.48. The van der Waals surface area contributed by atoms with E-state index < -0.39 is 0 Å². The molecule has 3 N–H and O–H groups in total. The van der Waals surface area contributed by atoms with Crippen LogP contribution < -0.4 is 11.1 Å². The summed E-state index contributed by atoms with van der Waals surface area (Å²) >= 11 is 0. The van der Waals surface area contributed by atoms with Crippen molar-refractivity contribution >= 4 is 28.2 Å². The lowest BCUT2D eigenvalue weighted by atomic mass is 10.0. The Morgan fingerprint density at radius 1 is 1.27 bits per heavy atom. The lowest BCUT2D eigenvalue weighted by Crippen LogP contribution is -2.18. The number of aromatic nitrogens is 3. The van der Waals surface area contributed by atoms with Gasteiger partial charge in [0.25, 0.3) is 0 Å². The summed E-state index contributed by atoms with van der Waals surface area (Å²) in [6, 6.07) is 7.87.